The third-order valence-corrected chi connectivity index (χ3v) is 12.9. The van der Waals surface area contributed by atoms with Gasteiger partial charge in [0.25, 0.3) is 0 Å². The molecule has 0 saturated heterocycles. The number of alkyl halides is 6. The number of aryl methyl sites for hydroxylation is 4. The number of Topliss-reactive ketones (excluding diaryl/α,β-unsaturated/α-hetero) is 2. The smallest absolute Gasteiger partial charge is 0.435 e. The second-order valence-corrected chi connectivity index (χ2v) is 22.7. The van der Waals surface area contributed by atoms with Crippen LogP contribution in [0.5, 0.6) is 0 Å². The fraction of sp³-hybridized carbons (Fsp3) is 0.311. The van der Waals surface area contributed by atoms with Crippen LogP contribution in [0.25, 0.3) is 22.8 Å². The molecule has 0 spiro atoms. The summed E-state index contributed by atoms with van der Waals surface area (Å²) in [5, 5.41) is 19.9. The fourth-order valence-corrected chi connectivity index (χ4v) is 8.81. The van der Waals surface area contributed by atoms with Crippen LogP contribution < -0.4 is 10.2 Å². The molecular weight excluding hydrogens is 1240 g/mol. The Morgan fingerprint density at radius 1 is 0.618 bits per heavy atom. The number of anilines is 4. The molecule has 8 rings (SSSR count). The van der Waals surface area contributed by atoms with Crippen LogP contribution in [-0.4, -0.2) is 87.1 Å². The highest BCUT2D eigenvalue weighted by molar-refractivity contribution is 6.31. The first kappa shape index (κ1) is 71.4. The zero-order valence-electron chi connectivity index (χ0n) is 49.7. The number of amides is 1. The number of aliphatic hydroxyl groups is 1. The van der Waals surface area contributed by atoms with Crippen molar-refractivity contribution in [3.63, 3.8) is 0 Å². The van der Waals surface area contributed by atoms with Crippen LogP contribution in [0.4, 0.5) is 68.0 Å². The van der Waals surface area contributed by atoms with Crippen LogP contribution in [0.1, 0.15) is 97.4 Å². The van der Waals surface area contributed by atoms with Crippen LogP contribution in [0.3, 0.4) is 0 Å². The zero-order chi connectivity index (χ0) is 65.4. The number of rotatable bonds is 14. The first-order chi connectivity index (χ1) is 41.0. The maximum Gasteiger partial charge on any atom is 0.435 e. The summed E-state index contributed by atoms with van der Waals surface area (Å²) < 4.78 is 121. The van der Waals surface area contributed by atoms with E-state index in [1.165, 1.54) is 18.2 Å². The van der Waals surface area contributed by atoms with E-state index in [0.29, 0.717) is 33.6 Å². The Hall–Kier alpha value is -8.39. The van der Waals surface area contributed by atoms with Gasteiger partial charge in [0.05, 0.1) is 39.3 Å². The normalized spacial score (nSPS) is 11.5. The number of carbonyl (C=O) groups excluding carboxylic acids is 4. The molecule has 0 aliphatic heterocycles. The van der Waals surface area contributed by atoms with Gasteiger partial charge in [0.2, 0.25) is 0 Å². The number of halogens is 11. The van der Waals surface area contributed by atoms with Crippen LogP contribution in [0, 0.1) is 39.3 Å². The van der Waals surface area contributed by atoms with E-state index in [-0.39, 0.29) is 89.8 Å². The number of nitrogens with zero attached hydrogens (tertiary/aromatic N) is 8. The lowest BCUT2D eigenvalue weighted by Crippen LogP contribution is -2.35. The van der Waals surface area contributed by atoms with Crippen molar-refractivity contribution in [2.24, 2.45) is 0 Å². The summed E-state index contributed by atoms with van der Waals surface area (Å²) in [5.74, 6) is -2.47. The highest BCUT2D eigenvalue weighted by Crippen LogP contribution is 2.38. The number of ether oxygens (including phenoxy) is 2. The number of carbonyl (C=O) groups is 4. The van der Waals surface area contributed by atoms with E-state index in [4.69, 9.17) is 37.8 Å². The van der Waals surface area contributed by atoms with Gasteiger partial charge < -0.3 is 19.9 Å². The Bertz CT molecular complexity index is 3880. The van der Waals surface area contributed by atoms with E-state index in [2.05, 4.69) is 40.5 Å². The van der Waals surface area contributed by atoms with E-state index in [1.54, 1.807) is 105 Å². The van der Waals surface area contributed by atoms with Crippen LogP contribution >= 0.6 is 35.6 Å². The topological polar surface area (TPSA) is 220 Å². The number of ketones is 2. The van der Waals surface area contributed by atoms with Crippen molar-refractivity contribution in [2.45, 2.75) is 118 Å². The van der Waals surface area contributed by atoms with Gasteiger partial charge in [0, 0.05) is 61.7 Å². The summed E-state index contributed by atoms with van der Waals surface area (Å²) in [6.07, 6.45) is -9.87. The third kappa shape index (κ3) is 19.6. The largest absolute Gasteiger partial charge is 0.443 e. The Balaban J connectivity index is 0.000000326. The Labute approximate surface area is 522 Å². The number of benzene rings is 4. The molecule has 28 heteroatoms. The molecule has 0 fully saturated rings. The fourth-order valence-electron chi connectivity index (χ4n) is 8.36. The first-order valence-electron chi connectivity index (χ1n) is 26.6. The second kappa shape index (κ2) is 29.3. The second-order valence-electron chi connectivity index (χ2n) is 21.9. The number of H-pyrrole nitrogens is 1. The summed E-state index contributed by atoms with van der Waals surface area (Å²) in [6.45, 7) is 16.8. The molecule has 0 atom stereocenters. The number of hydrogen-bond acceptors (Lipinski definition) is 14. The van der Waals surface area contributed by atoms with Gasteiger partial charge in [-0.2, -0.15) is 36.1 Å². The number of aromatic amines is 1. The molecule has 17 nitrogen and oxygen atoms in total. The predicted molar refractivity (Wildman–Crippen MR) is 321 cm³/mol. The van der Waals surface area contributed by atoms with E-state index in [9.17, 15) is 49.9 Å². The van der Waals surface area contributed by atoms with Gasteiger partial charge in [-0.25, -0.2) is 43.2 Å². The molecule has 1 amide bonds. The summed E-state index contributed by atoms with van der Waals surface area (Å²) in [4.78, 5) is 69.7. The van der Waals surface area contributed by atoms with Gasteiger partial charge in [0.1, 0.15) is 22.8 Å². The van der Waals surface area contributed by atoms with Gasteiger partial charge in [0.15, 0.2) is 46.6 Å². The van der Waals surface area contributed by atoms with E-state index < -0.39 is 74.4 Å². The van der Waals surface area contributed by atoms with Crippen molar-refractivity contribution in [1.29, 1.82) is 0 Å². The van der Waals surface area contributed by atoms with Crippen molar-refractivity contribution in [3.8, 4) is 22.8 Å². The quantitative estimate of drug-likeness (QED) is 0.0863. The molecule has 0 saturated carbocycles. The standard InChI is InChI=1S/C35H36ClF4N5O5.C25H20ClF4N5O.CH4O.ClH/c1-19-9-10-21(14-23(46)15-22-11-12-26(36)25(17-22)35(38,39)40)16-24(19)29-41-18-27(37)30(42-29)44(31(47)49-33(3,4)5)28-13-20(2)45(43-28)32(48)50-34(6,7)8;1-13-3-4-15(8-17(36)9-16-5-6-20(26)19(11-16)25(28,29)30)10-18(13)23-31-12-21(27)24(33-23)32-22-7-14(2)34-35-22;1-2;/h9-13,16-18H,14-15H2,1-8H3;3-7,10-12H,8-9H2,1-2H3,(H2,31,32,33,34,35);2H,1H3;1H. The van der Waals surface area contributed by atoms with Gasteiger partial charge in [-0.1, -0.05) is 59.6 Å². The molecule has 4 aromatic heterocycles. The molecule has 0 aliphatic rings. The first-order valence-corrected chi connectivity index (χ1v) is 27.3. The molecule has 0 bridgehead atoms. The Kier molecular flexibility index (Phi) is 23.5. The average molecular weight is 1300 g/mol. The van der Waals surface area contributed by atoms with Gasteiger partial charge >= 0.3 is 24.5 Å². The minimum absolute atomic E-state index is 0. The van der Waals surface area contributed by atoms with Crippen molar-refractivity contribution < 1.29 is 68.9 Å². The Morgan fingerprint density at radius 2 is 1.06 bits per heavy atom. The molecule has 0 radical (unpaired) electrons. The van der Waals surface area contributed by atoms with Crippen molar-refractivity contribution >= 4 is 82.6 Å². The summed E-state index contributed by atoms with van der Waals surface area (Å²) >= 11 is 11.4. The minimum Gasteiger partial charge on any atom is -0.443 e. The van der Waals surface area contributed by atoms with Gasteiger partial charge in [-0.3, -0.25) is 14.7 Å². The maximum absolute atomic E-state index is 15.6. The van der Waals surface area contributed by atoms with Crippen LogP contribution in [0.15, 0.2) is 97.3 Å². The van der Waals surface area contributed by atoms with Gasteiger partial charge in [-0.05, 0) is 139 Å². The van der Waals surface area contributed by atoms with Crippen LogP contribution in [-0.2, 0) is 57.1 Å². The van der Waals surface area contributed by atoms with E-state index in [0.717, 1.165) is 64.6 Å². The SMILES string of the molecule is CO.Cc1cc(Nc2nc(-c3cc(CC(=O)Cc4ccc(Cl)c(C(F)(F)F)c4)ccc3C)ncc2F)n[nH]1.Cc1ccc(CC(=O)Cc2ccc(Cl)c(C(F)(F)F)c2)cc1-c1ncc(F)c(N(C(=O)OC(C)(C)C)c2cc(C)n(C(=O)OC(C)(C)C)n2)n1.Cl. The summed E-state index contributed by atoms with van der Waals surface area (Å²) in [6, 6.07) is 20.0. The molecule has 89 heavy (non-hydrogen) atoms. The lowest BCUT2D eigenvalue weighted by Gasteiger charge is -2.25. The van der Waals surface area contributed by atoms with E-state index in [1.807, 2.05) is 6.92 Å². The number of nitrogens with one attached hydrogen (secondary N) is 2. The van der Waals surface area contributed by atoms with Crippen molar-refractivity contribution in [2.75, 3.05) is 17.3 Å². The number of hydrogen-bond donors (Lipinski definition) is 3. The third-order valence-electron chi connectivity index (χ3n) is 12.2. The lowest BCUT2D eigenvalue weighted by atomic mass is 9.98. The minimum atomic E-state index is -4.67. The monoisotopic (exact) mass is 1300 g/mol. The van der Waals surface area contributed by atoms with E-state index >= 15 is 4.39 Å². The molecule has 4 heterocycles. The molecule has 8 aromatic rings. The predicted octanol–water partition coefficient (Wildman–Crippen LogP) is 15.4. The Morgan fingerprint density at radius 3 is 1.49 bits per heavy atom. The average Bonchev–Trinajstić information content (AvgIpc) is 3.81. The summed E-state index contributed by atoms with van der Waals surface area (Å²) in [7, 11) is 1.00. The highest BCUT2D eigenvalue weighted by Gasteiger charge is 2.36. The molecule has 3 N–H and O–H groups in total. The van der Waals surface area contributed by atoms with Crippen LogP contribution in [0.2, 0.25) is 10.0 Å². The molecule has 0 unspecified atom stereocenters. The highest BCUT2D eigenvalue weighted by atomic mass is 35.5. The van der Waals surface area contributed by atoms with Crippen molar-refractivity contribution in [3.05, 3.63) is 175 Å². The van der Waals surface area contributed by atoms with Crippen molar-refractivity contribution in [1.82, 2.24) is 39.9 Å². The van der Waals surface area contributed by atoms with Gasteiger partial charge in [-0.15, -0.1) is 17.5 Å². The number of aliphatic hydroxyl groups excluding tert-OH is 1. The molecule has 0 aliphatic carbocycles. The maximum atomic E-state index is 15.6. The molecule has 4 aromatic carbocycles. The molecular formula is C61H61Cl3F8N10O7. The number of aromatic nitrogens is 8. The summed E-state index contributed by atoms with van der Waals surface area (Å²) in [5.41, 5.74) is 1.09. The molecule has 474 valence electrons. The zero-order valence-corrected chi connectivity index (χ0v) is 52.1. The lowest BCUT2D eigenvalue weighted by molar-refractivity contribution is -0.138.